The minimum Gasteiger partial charge on any atom is -0.330 e. The minimum atomic E-state index is -0.0864. The fourth-order valence-corrected chi connectivity index (χ4v) is 2.80. The molecule has 1 aromatic rings. The van der Waals surface area contributed by atoms with Gasteiger partial charge in [0.1, 0.15) is 5.82 Å². The molecular weight excluding hydrogens is 227 g/mol. The molecule has 0 radical (unpaired) electrons. The summed E-state index contributed by atoms with van der Waals surface area (Å²) in [7, 11) is 0. The molecule has 100 valence electrons. The highest BCUT2D eigenvalue weighted by atomic mass is 19.1. The predicted molar refractivity (Wildman–Crippen MR) is 72.9 cm³/mol. The molecule has 1 saturated heterocycles. The Balaban J connectivity index is 1.95. The van der Waals surface area contributed by atoms with E-state index in [1.807, 2.05) is 12.1 Å². The summed E-state index contributed by atoms with van der Waals surface area (Å²) in [5.74, 6) is 0.526. The molecule has 1 fully saturated rings. The zero-order chi connectivity index (χ0) is 13.0. The van der Waals surface area contributed by atoms with Gasteiger partial charge in [-0.25, -0.2) is 4.39 Å². The molecule has 0 spiro atoms. The van der Waals surface area contributed by atoms with Gasteiger partial charge in [0, 0.05) is 12.6 Å². The van der Waals surface area contributed by atoms with Crippen LogP contribution in [0.3, 0.4) is 0 Å². The Kier molecular flexibility index (Phi) is 4.72. The number of piperidine rings is 1. The lowest BCUT2D eigenvalue weighted by molar-refractivity contribution is 0.133. The van der Waals surface area contributed by atoms with Gasteiger partial charge in [0.25, 0.3) is 0 Å². The van der Waals surface area contributed by atoms with Crippen LogP contribution in [-0.2, 0) is 6.42 Å². The Hall–Kier alpha value is -0.930. The van der Waals surface area contributed by atoms with E-state index < -0.39 is 0 Å². The van der Waals surface area contributed by atoms with Gasteiger partial charge in [-0.2, -0.15) is 0 Å². The molecule has 2 unspecified atom stereocenters. The lowest BCUT2D eigenvalue weighted by Gasteiger charge is -2.36. The Morgan fingerprint density at radius 1 is 1.44 bits per heavy atom. The molecule has 0 aromatic heterocycles. The highest BCUT2D eigenvalue weighted by Gasteiger charge is 2.23. The smallest absolute Gasteiger partial charge is 0.126 e. The standard InChI is InChI=1S/C15H23FN2/c1-12(9-14-6-2-3-7-15(14)16)18-8-4-5-13(10-17)11-18/h2-3,6-7,12-13H,4-5,8-11,17H2,1H3. The molecule has 2 nitrogen and oxygen atoms in total. The monoisotopic (exact) mass is 250 g/mol. The van der Waals surface area contributed by atoms with Crippen molar-refractivity contribution in [2.24, 2.45) is 11.7 Å². The Morgan fingerprint density at radius 3 is 2.94 bits per heavy atom. The molecule has 0 amide bonds. The molecule has 18 heavy (non-hydrogen) atoms. The van der Waals surface area contributed by atoms with Crippen LogP contribution < -0.4 is 5.73 Å². The van der Waals surface area contributed by atoms with Crippen LogP contribution in [0, 0.1) is 11.7 Å². The van der Waals surface area contributed by atoms with Crippen LogP contribution in [0.5, 0.6) is 0 Å². The average Bonchev–Trinajstić information content (AvgIpc) is 2.41. The molecule has 1 aliphatic heterocycles. The maximum absolute atomic E-state index is 13.6. The van der Waals surface area contributed by atoms with Gasteiger partial charge in [0.2, 0.25) is 0 Å². The van der Waals surface area contributed by atoms with Crippen LogP contribution in [0.15, 0.2) is 24.3 Å². The zero-order valence-electron chi connectivity index (χ0n) is 11.1. The molecule has 0 bridgehead atoms. The maximum Gasteiger partial charge on any atom is 0.126 e. The van der Waals surface area contributed by atoms with E-state index in [0.29, 0.717) is 12.0 Å². The Labute approximate surface area is 109 Å². The number of benzene rings is 1. The van der Waals surface area contributed by atoms with Gasteiger partial charge < -0.3 is 10.6 Å². The molecular formula is C15H23FN2. The van der Waals surface area contributed by atoms with Gasteiger partial charge in [-0.3, -0.25) is 0 Å². The second kappa shape index (κ2) is 6.30. The molecule has 2 N–H and O–H groups in total. The van der Waals surface area contributed by atoms with E-state index in [1.165, 1.54) is 12.8 Å². The first-order valence-electron chi connectivity index (χ1n) is 6.88. The van der Waals surface area contributed by atoms with Crippen molar-refractivity contribution in [3.63, 3.8) is 0 Å². The van der Waals surface area contributed by atoms with Crippen LogP contribution in [0.1, 0.15) is 25.3 Å². The zero-order valence-corrected chi connectivity index (χ0v) is 11.1. The van der Waals surface area contributed by atoms with Crippen LogP contribution in [0.2, 0.25) is 0 Å². The number of hydrogen-bond acceptors (Lipinski definition) is 2. The second-order valence-corrected chi connectivity index (χ2v) is 5.38. The largest absolute Gasteiger partial charge is 0.330 e. The summed E-state index contributed by atoms with van der Waals surface area (Å²) >= 11 is 0. The molecule has 1 aromatic carbocycles. The van der Waals surface area contributed by atoms with Crippen molar-refractivity contribution in [1.82, 2.24) is 4.90 Å². The van der Waals surface area contributed by atoms with Gasteiger partial charge in [-0.05, 0) is 56.8 Å². The number of hydrogen-bond donors (Lipinski definition) is 1. The van der Waals surface area contributed by atoms with Crippen molar-refractivity contribution in [2.75, 3.05) is 19.6 Å². The predicted octanol–water partition coefficient (Wildman–Crippen LogP) is 2.43. The molecule has 3 heteroatoms. The van der Waals surface area contributed by atoms with Crippen molar-refractivity contribution < 1.29 is 4.39 Å². The molecule has 0 aliphatic carbocycles. The summed E-state index contributed by atoms with van der Waals surface area (Å²) in [6, 6.07) is 7.46. The minimum absolute atomic E-state index is 0.0864. The molecule has 2 rings (SSSR count). The van der Waals surface area contributed by atoms with E-state index in [-0.39, 0.29) is 5.82 Å². The maximum atomic E-state index is 13.6. The fraction of sp³-hybridized carbons (Fsp3) is 0.600. The first kappa shape index (κ1) is 13.5. The topological polar surface area (TPSA) is 29.3 Å². The Morgan fingerprint density at radius 2 is 2.22 bits per heavy atom. The lowest BCUT2D eigenvalue weighted by atomic mass is 9.95. The van der Waals surface area contributed by atoms with E-state index in [9.17, 15) is 4.39 Å². The quantitative estimate of drug-likeness (QED) is 0.889. The summed E-state index contributed by atoms with van der Waals surface area (Å²) in [4.78, 5) is 2.45. The molecule has 1 aliphatic rings. The normalized spacial score (nSPS) is 22.9. The first-order valence-corrected chi connectivity index (χ1v) is 6.88. The van der Waals surface area contributed by atoms with E-state index in [1.54, 1.807) is 12.1 Å². The molecule has 2 atom stereocenters. The van der Waals surface area contributed by atoms with Crippen molar-refractivity contribution >= 4 is 0 Å². The van der Waals surface area contributed by atoms with Crippen LogP contribution in [-0.4, -0.2) is 30.6 Å². The van der Waals surface area contributed by atoms with Gasteiger partial charge in [-0.1, -0.05) is 18.2 Å². The number of halogens is 1. The van der Waals surface area contributed by atoms with Gasteiger partial charge in [0.05, 0.1) is 0 Å². The first-order chi connectivity index (χ1) is 8.70. The van der Waals surface area contributed by atoms with Crippen molar-refractivity contribution in [3.05, 3.63) is 35.6 Å². The van der Waals surface area contributed by atoms with Gasteiger partial charge >= 0.3 is 0 Å². The van der Waals surface area contributed by atoms with Crippen LogP contribution >= 0.6 is 0 Å². The van der Waals surface area contributed by atoms with Crippen molar-refractivity contribution in [2.45, 2.75) is 32.2 Å². The van der Waals surface area contributed by atoms with Gasteiger partial charge in [-0.15, -0.1) is 0 Å². The number of likely N-dealkylation sites (tertiary alicyclic amines) is 1. The van der Waals surface area contributed by atoms with E-state index >= 15 is 0 Å². The highest BCUT2D eigenvalue weighted by molar-refractivity contribution is 5.18. The average molecular weight is 250 g/mol. The van der Waals surface area contributed by atoms with Crippen molar-refractivity contribution in [3.8, 4) is 0 Å². The summed E-state index contributed by atoms with van der Waals surface area (Å²) in [5.41, 5.74) is 6.57. The summed E-state index contributed by atoms with van der Waals surface area (Å²) in [5, 5.41) is 0. The van der Waals surface area contributed by atoms with Crippen LogP contribution in [0.25, 0.3) is 0 Å². The summed E-state index contributed by atoms with van der Waals surface area (Å²) in [6.45, 7) is 5.13. The summed E-state index contributed by atoms with van der Waals surface area (Å²) < 4.78 is 13.6. The number of nitrogens with zero attached hydrogens (tertiary/aromatic N) is 1. The van der Waals surface area contributed by atoms with E-state index in [4.69, 9.17) is 5.73 Å². The van der Waals surface area contributed by atoms with Gasteiger partial charge in [0.15, 0.2) is 0 Å². The van der Waals surface area contributed by atoms with E-state index in [2.05, 4.69) is 11.8 Å². The third kappa shape index (κ3) is 3.30. The number of nitrogens with two attached hydrogens (primary N) is 1. The third-order valence-corrected chi connectivity index (χ3v) is 3.98. The van der Waals surface area contributed by atoms with Crippen molar-refractivity contribution in [1.29, 1.82) is 0 Å². The summed E-state index contributed by atoms with van der Waals surface area (Å²) in [6.07, 6.45) is 3.23. The number of rotatable bonds is 4. The molecule has 0 saturated carbocycles. The highest BCUT2D eigenvalue weighted by Crippen LogP contribution is 2.20. The SMILES string of the molecule is CC(Cc1ccccc1F)N1CCCC(CN)C1. The molecule has 1 heterocycles. The fourth-order valence-electron chi connectivity index (χ4n) is 2.80. The third-order valence-electron chi connectivity index (χ3n) is 3.98. The Bertz CT molecular complexity index is 381. The van der Waals surface area contributed by atoms with E-state index in [0.717, 1.165) is 31.6 Å². The van der Waals surface area contributed by atoms with Crippen LogP contribution in [0.4, 0.5) is 4.39 Å². The lowest BCUT2D eigenvalue weighted by Crippen LogP contribution is -2.44. The second-order valence-electron chi connectivity index (χ2n) is 5.38.